The summed E-state index contributed by atoms with van der Waals surface area (Å²) in [6.45, 7) is 1.81. The quantitative estimate of drug-likeness (QED) is 0.720. The van der Waals surface area contributed by atoms with E-state index in [1.807, 2.05) is 13.0 Å². The minimum Gasteiger partial charge on any atom is -0.396 e. The summed E-state index contributed by atoms with van der Waals surface area (Å²) in [5.74, 6) is 0.497. The molecule has 2 N–H and O–H groups in total. The van der Waals surface area contributed by atoms with Crippen molar-refractivity contribution in [2.75, 3.05) is 5.73 Å². The number of rotatable bonds is 2. The topological polar surface area (TPSA) is 127 Å². The van der Waals surface area contributed by atoms with Gasteiger partial charge in [0.25, 0.3) is 0 Å². The number of pyridine rings is 1. The van der Waals surface area contributed by atoms with Crippen LogP contribution in [0.4, 0.5) is 5.69 Å². The lowest BCUT2D eigenvalue weighted by molar-refractivity contribution is 0.315. The van der Waals surface area contributed by atoms with Gasteiger partial charge in [0, 0.05) is 23.9 Å². The zero-order valence-electron chi connectivity index (χ0n) is 10.5. The second kappa shape index (κ2) is 4.55. The van der Waals surface area contributed by atoms with Crippen molar-refractivity contribution in [3.05, 3.63) is 35.0 Å². The first-order chi connectivity index (χ1) is 9.69. The molecule has 8 heteroatoms. The molecule has 3 rings (SSSR count). The number of nitrogens with two attached hydrogens (primary N) is 1. The summed E-state index contributed by atoms with van der Waals surface area (Å²) in [4.78, 5) is 12.5. The van der Waals surface area contributed by atoms with Gasteiger partial charge in [0.1, 0.15) is 17.6 Å². The molecule has 98 valence electrons. The fourth-order valence-electron chi connectivity index (χ4n) is 1.92. The van der Waals surface area contributed by atoms with Crippen LogP contribution < -0.4 is 5.73 Å². The van der Waals surface area contributed by atoms with Gasteiger partial charge in [-0.25, -0.2) is 19.6 Å². The van der Waals surface area contributed by atoms with Gasteiger partial charge < -0.3 is 5.73 Å². The second-order valence-electron chi connectivity index (χ2n) is 4.17. The molecule has 3 aromatic heterocycles. The molecule has 0 unspecified atom stereocenters. The summed E-state index contributed by atoms with van der Waals surface area (Å²) >= 11 is 0. The van der Waals surface area contributed by atoms with Gasteiger partial charge in [-0.1, -0.05) is 0 Å². The number of hydrogen-bond acceptors (Lipinski definition) is 8. The number of fused-ring (bicyclic) bond motifs is 1. The zero-order valence-corrected chi connectivity index (χ0v) is 10.5. The van der Waals surface area contributed by atoms with Crippen LogP contribution in [0.15, 0.2) is 16.9 Å². The standard InChI is InChI=1S/C12H9N7O/c1-6-8(4-9-15-3-2-7(5-13)17-9)10(14)11-12(16-6)19-20-18-11/h2-3H,4,14H2,1H3. The molecule has 0 atom stereocenters. The van der Waals surface area contributed by atoms with Crippen molar-refractivity contribution >= 4 is 16.9 Å². The van der Waals surface area contributed by atoms with Crippen LogP contribution in [0.25, 0.3) is 11.2 Å². The maximum absolute atomic E-state index is 8.84. The molecule has 0 aliphatic carbocycles. The fraction of sp³-hybridized carbons (Fsp3) is 0.167. The maximum Gasteiger partial charge on any atom is 0.226 e. The van der Waals surface area contributed by atoms with Crippen LogP contribution >= 0.6 is 0 Å². The third-order valence-corrected chi connectivity index (χ3v) is 2.92. The number of hydrogen-bond donors (Lipinski definition) is 1. The number of nitrogens with zero attached hydrogens (tertiary/aromatic N) is 6. The highest BCUT2D eigenvalue weighted by Crippen LogP contribution is 2.24. The number of aryl methyl sites for hydroxylation is 1. The Morgan fingerprint density at radius 2 is 2.20 bits per heavy atom. The average molecular weight is 267 g/mol. The van der Waals surface area contributed by atoms with E-state index in [0.29, 0.717) is 40.5 Å². The summed E-state index contributed by atoms with van der Waals surface area (Å²) in [6, 6.07) is 3.52. The molecule has 0 saturated heterocycles. The van der Waals surface area contributed by atoms with E-state index in [2.05, 4.69) is 29.9 Å². The highest BCUT2D eigenvalue weighted by Gasteiger charge is 2.15. The Morgan fingerprint density at radius 1 is 1.35 bits per heavy atom. The highest BCUT2D eigenvalue weighted by molar-refractivity contribution is 5.85. The van der Waals surface area contributed by atoms with Gasteiger partial charge in [-0.15, -0.1) is 0 Å². The summed E-state index contributed by atoms with van der Waals surface area (Å²) in [6.07, 6.45) is 1.90. The van der Waals surface area contributed by atoms with E-state index in [-0.39, 0.29) is 0 Å². The van der Waals surface area contributed by atoms with E-state index < -0.39 is 0 Å². The number of aromatic nitrogens is 5. The van der Waals surface area contributed by atoms with Crippen molar-refractivity contribution in [1.29, 1.82) is 5.26 Å². The first-order valence-corrected chi connectivity index (χ1v) is 5.78. The molecular weight excluding hydrogens is 258 g/mol. The average Bonchev–Trinajstić information content (AvgIpc) is 2.92. The minimum atomic E-state index is 0.309. The van der Waals surface area contributed by atoms with Gasteiger partial charge in [-0.05, 0) is 23.3 Å². The summed E-state index contributed by atoms with van der Waals surface area (Å²) in [5.41, 5.74) is 9.06. The Hall–Kier alpha value is -3.08. The van der Waals surface area contributed by atoms with Crippen molar-refractivity contribution in [2.45, 2.75) is 13.3 Å². The van der Waals surface area contributed by atoms with Crippen LogP contribution in [0.2, 0.25) is 0 Å². The van der Waals surface area contributed by atoms with E-state index in [0.717, 1.165) is 5.56 Å². The van der Waals surface area contributed by atoms with Gasteiger partial charge in [0.2, 0.25) is 5.65 Å². The molecule has 0 aliphatic heterocycles. The van der Waals surface area contributed by atoms with Crippen molar-refractivity contribution in [3.63, 3.8) is 0 Å². The summed E-state index contributed by atoms with van der Waals surface area (Å²) in [7, 11) is 0. The first-order valence-electron chi connectivity index (χ1n) is 5.78. The SMILES string of the molecule is Cc1nc2nonc2c(N)c1Cc1nccc(C#N)n1. The van der Waals surface area contributed by atoms with E-state index in [1.165, 1.54) is 6.20 Å². The lowest BCUT2D eigenvalue weighted by atomic mass is 10.1. The van der Waals surface area contributed by atoms with Gasteiger partial charge in [0.05, 0.1) is 5.69 Å². The van der Waals surface area contributed by atoms with Crippen LogP contribution in [0.1, 0.15) is 22.8 Å². The third-order valence-electron chi connectivity index (χ3n) is 2.92. The molecule has 0 spiro atoms. The molecule has 20 heavy (non-hydrogen) atoms. The van der Waals surface area contributed by atoms with Crippen molar-refractivity contribution in [1.82, 2.24) is 25.3 Å². The van der Waals surface area contributed by atoms with Crippen LogP contribution in [-0.4, -0.2) is 25.3 Å². The van der Waals surface area contributed by atoms with E-state index in [4.69, 9.17) is 11.0 Å². The predicted octanol–water partition coefficient (Wildman–Crippen LogP) is 0.761. The van der Waals surface area contributed by atoms with Crippen molar-refractivity contribution < 1.29 is 4.63 Å². The smallest absolute Gasteiger partial charge is 0.226 e. The summed E-state index contributed by atoms with van der Waals surface area (Å²) in [5, 5.41) is 16.2. The zero-order chi connectivity index (χ0) is 14.1. The lowest BCUT2D eigenvalue weighted by Crippen LogP contribution is -2.05. The van der Waals surface area contributed by atoms with Crippen molar-refractivity contribution in [2.24, 2.45) is 0 Å². The molecule has 0 fully saturated rings. The molecule has 8 nitrogen and oxygen atoms in total. The van der Waals surface area contributed by atoms with Crippen LogP contribution in [0, 0.1) is 18.3 Å². The number of nitriles is 1. The predicted molar refractivity (Wildman–Crippen MR) is 68.3 cm³/mol. The summed E-state index contributed by atoms with van der Waals surface area (Å²) < 4.78 is 4.63. The van der Waals surface area contributed by atoms with Gasteiger partial charge in [-0.3, -0.25) is 0 Å². The number of anilines is 1. The van der Waals surface area contributed by atoms with E-state index in [9.17, 15) is 0 Å². The van der Waals surface area contributed by atoms with E-state index in [1.54, 1.807) is 6.07 Å². The maximum atomic E-state index is 8.84. The fourth-order valence-corrected chi connectivity index (χ4v) is 1.92. The molecule has 0 radical (unpaired) electrons. The Bertz CT molecular complexity index is 833. The molecule has 3 aromatic rings. The van der Waals surface area contributed by atoms with Crippen molar-refractivity contribution in [3.8, 4) is 6.07 Å². The van der Waals surface area contributed by atoms with Gasteiger partial charge in [-0.2, -0.15) is 5.26 Å². The molecule has 0 amide bonds. The van der Waals surface area contributed by atoms with Gasteiger partial charge >= 0.3 is 0 Å². The van der Waals surface area contributed by atoms with Crippen LogP contribution in [0.5, 0.6) is 0 Å². The normalized spacial score (nSPS) is 10.6. The Labute approximate surface area is 113 Å². The van der Waals surface area contributed by atoms with E-state index >= 15 is 0 Å². The second-order valence-corrected chi connectivity index (χ2v) is 4.17. The third kappa shape index (κ3) is 1.91. The first kappa shape index (κ1) is 12.0. The van der Waals surface area contributed by atoms with Crippen LogP contribution in [0.3, 0.4) is 0 Å². The molecule has 3 heterocycles. The molecule has 0 aromatic carbocycles. The minimum absolute atomic E-state index is 0.309. The molecular formula is C12H9N7O. The van der Waals surface area contributed by atoms with Gasteiger partial charge in [0.15, 0.2) is 5.52 Å². The number of nitrogen functional groups attached to an aromatic ring is 1. The Balaban J connectivity index is 2.08. The highest BCUT2D eigenvalue weighted by atomic mass is 16.6. The lowest BCUT2D eigenvalue weighted by Gasteiger charge is -2.07. The molecule has 0 aliphatic rings. The Kier molecular flexibility index (Phi) is 2.72. The Morgan fingerprint density at radius 3 is 3.00 bits per heavy atom. The monoisotopic (exact) mass is 267 g/mol. The molecule has 0 bridgehead atoms. The molecule has 0 saturated carbocycles. The van der Waals surface area contributed by atoms with Crippen LogP contribution in [-0.2, 0) is 6.42 Å². The largest absolute Gasteiger partial charge is 0.396 e.